The summed E-state index contributed by atoms with van der Waals surface area (Å²) in [7, 11) is 0. The van der Waals surface area contributed by atoms with Crippen LogP contribution < -0.4 is 0 Å². The molecule has 0 N–H and O–H groups in total. The maximum absolute atomic E-state index is 2.25. The zero-order valence-corrected chi connectivity index (χ0v) is 13.2. The molecule has 0 heteroatoms. The van der Waals surface area contributed by atoms with Crippen LogP contribution in [-0.2, 0) is 6.42 Å². The summed E-state index contributed by atoms with van der Waals surface area (Å²) in [6.45, 7) is 0. The molecule has 1 fully saturated rings. The second-order valence-electron chi connectivity index (χ2n) is 6.65. The Hall–Kier alpha value is -0.780. The number of aryl methyl sites for hydroxylation is 1. The van der Waals surface area contributed by atoms with Crippen molar-refractivity contribution in [2.45, 2.75) is 83.5 Å². The minimum atomic E-state index is 1.09. The van der Waals surface area contributed by atoms with E-state index in [2.05, 4.69) is 30.3 Å². The summed E-state index contributed by atoms with van der Waals surface area (Å²) in [5, 5.41) is 0. The Labute approximate surface area is 126 Å². The first kappa shape index (κ1) is 15.6. The smallest absolute Gasteiger partial charge is 0.0279 e. The first-order valence-corrected chi connectivity index (χ1v) is 8.99. The van der Waals surface area contributed by atoms with Gasteiger partial charge in [-0.05, 0) is 24.3 Å². The van der Waals surface area contributed by atoms with Crippen molar-refractivity contribution < 1.29 is 0 Å². The fourth-order valence-corrected chi connectivity index (χ4v) is 3.59. The Bertz CT molecular complexity index is 321. The van der Waals surface area contributed by atoms with Gasteiger partial charge in [0.25, 0.3) is 0 Å². The van der Waals surface area contributed by atoms with Gasteiger partial charge < -0.3 is 0 Å². The fourth-order valence-electron chi connectivity index (χ4n) is 3.59. The molecule has 0 aliphatic heterocycles. The Morgan fingerprint density at radius 3 is 2.10 bits per heavy atom. The average Bonchev–Trinajstić information content (AvgIpc) is 2.52. The number of benzene rings is 1. The third-order valence-electron chi connectivity index (χ3n) is 4.90. The molecular weight excluding hydrogens is 240 g/mol. The highest BCUT2D eigenvalue weighted by Gasteiger charge is 2.12. The van der Waals surface area contributed by atoms with E-state index in [9.17, 15) is 0 Å². The van der Waals surface area contributed by atoms with Crippen molar-refractivity contribution >= 4 is 0 Å². The molecule has 1 saturated carbocycles. The Balaban J connectivity index is 1.38. The lowest BCUT2D eigenvalue weighted by Crippen LogP contribution is -2.05. The molecule has 0 spiro atoms. The van der Waals surface area contributed by atoms with Crippen LogP contribution in [0.4, 0.5) is 0 Å². The van der Waals surface area contributed by atoms with E-state index in [-0.39, 0.29) is 0 Å². The van der Waals surface area contributed by atoms with Gasteiger partial charge in [0, 0.05) is 0 Å². The molecule has 1 aromatic carbocycles. The van der Waals surface area contributed by atoms with Gasteiger partial charge in [-0.25, -0.2) is 0 Å². The largest absolute Gasteiger partial charge is 0.0622 e. The summed E-state index contributed by atoms with van der Waals surface area (Å²) in [6.07, 6.45) is 19.0. The number of hydrogen-bond donors (Lipinski definition) is 0. The molecule has 0 bridgehead atoms. The van der Waals surface area contributed by atoms with Gasteiger partial charge in [-0.2, -0.15) is 0 Å². The molecule has 0 aromatic heterocycles. The maximum Gasteiger partial charge on any atom is -0.0279 e. The van der Waals surface area contributed by atoms with E-state index in [0.29, 0.717) is 0 Å². The first-order valence-electron chi connectivity index (χ1n) is 8.99. The van der Waals surface area contributed by atoms with Gasteiger partial charge in [-0.3, -0.25) is 0 Å². The predicted molar refractivity (Wildman–Crippen MR) is 89.0 cm³/mol. The third-order valence-corrected chi connectivity index (χ3v) is 4.90. The molecule has 0 unspecified atom stereocenters. The molecule has 0 atom stereocenters. The van der Waals surface area contributed by atoms with E-state index >= 15 is 0 Å². The Morgan fingerprint density at radius 2 is 1.35 bits per heavy atom. The van der Waals surface area contributed by atoms with Crippen molar-refractivity contribution in [3.63, 3.8) is 0 Å². The summed E-state index contributed by atoms with van der Waals surface area (Å²) < 4.78 is 0. The SMILES string of the molecule is c1ccc(CCCCCCCCC2CCCCC2)cc1. The van der Waals surface area contributed by atoms with Gasteiger partial charge in [0.1, 0.15) is 0 Å². The monoisotopic (exact) mass is 272 g/mol. The second kappa shape index (κ2) is 10.0. The lowest BCUT2D eigenvalue weighted by atomic mass is 9.85. The van der Waals surface area contributed by atoms with Gasteiger partial charge in [0.05, 0.1) is 0 Å². The van der Waals surface area contributed by atoms with Gasteiger partial charge >= 0.3 is 0 Å². The summed E-state index contributed by atoms with van der Waals surface area (Å²) in [5.41, 5.74) is 1.50. The summed E-state index contributed by atoms with van der Waals surface area (Å²) >= 11 is 0. The highest BCUT2D eigenvalue weighted by Crippen LogP contribution is 2.28. The van der Waals surface area contributed by atoms with Crippen LogP contribution in [0, 0.1) is 5.92 Å². The van der Waals surface area contributed by atoms with Crippen molar-refractivity contribution in [1.82, 2.24) is 0 Å². The first-order chi connectivity index (χ1) is 9.95. The Morgan fingerprint density at radius 1 is 0.700 bits per heavy atom. The van der Waals surface area contributed by atoms with Crippen LogP contribution in [0.1, 0.15) is 82.6 Å². The molecular formula is C20H32. The highest BCUT2D eigenvalue weighted by molar-refractivity contribution is 5.14. The van der Waals surface area contributed by atoms with E-state index in [1.807, 2.05) is 0 Å². The van der Waals surface area contributed by atoms with E-state index in [1.54, 1.807) is 0 Å². The molecule has 1 aliphatic rings. The highest BCUT2D eigenvalue weighted by atomic mass is 14.2. The molecule has 0 heterocycles. The molecule has 0 saturated heterocycles. The zero-order valence-electron chi connectivity index (χ0n) is 13.2. The van der Waals surface area contributed by atoms with Crippen LogP contribution in [0.25, 0.3) is 0 Å². The lowest BCUT2D eigenvalue weighted by Gasteiger charge is -2.21. The van der Waals surface area contributed by atoms with Crippen LogP contribution in [0.3, 0.4) is 0 Å². The molecule has 0 radical (unpaired) electrons. The maximum atomic E-state index is 2.25. The van der Waals surface area contributed by atoms with Crippen LogP contribution >= 0.6 is 0 Å². The zero-order chi connectivity index (χ0) is 13.9. The average molecular weight is 272 g/mol. The molecule has 0 amide bonds. The minimum absolute atomic E-state index is 1.09. The standard InChI is InChI=1S/C20H32/c1(3-7-13-19-15-9-5-10-16-19)2-4-8-14-20-17-11-6-12-18-20/h5,9-10,15-16,20H,1-4,6-8,11-14,17-18H2. The molecule has 0 nitrogen and oxygen atoms in total. The van der Waals surface area contributed by atoms with Crippen LogP contribution in [0.5, 0.6) is 0 Å². The van der Waals surface area contributed by atoms with E-state index in [0.717, 1.165) is 5.92 Å². The van der Waals surface area contributed by atoms with Gasteiger partial charge in [0.2, 0.25) is 0 Å². The summed E-state index contributed by atoms with van der Waals surface area (Å²) in [4.78, 5) is 0. The van der Waals surface area contributed by atoms with Gasteiger partial charge in [-0.15, -0.1) is 0 Å². The number of hydrogen-bond acceptors (Lipinski definition) is 0. The molecule has 2 rings (SSSR count). The molecule has 112 valence electrons. The van der Waals surface area contributed by atoms with Crippen molar-refractivity contribution in [1.29, 1.82) is 0 Å². The van der Waals surface area contributed by atoms with Gasteiger partial charge in [0.15, 0.2) is 0 Å². The van der Waals surface area contributed by atoms with Crippen molar-refractivity contribution in [3.8, 4) is 0 Å². The van der Waals surface area contributed by atoms with E-state index in [1.165, 1.54) is 89.0 Å². The molecule has 1 aromatic rings. The van der Waals surface area contributed by atoms with Crippen molar-refractivity contribution in [2.75, 3.05) is 0 Å². The van der Waals surface area contributed by atoms with Crippen molar-refractivity contribution in [3.05, 3.63) is 35.9 Å². The number of unbranched alkanes of at least 4 members (excludes halogenated alkanes) is 5. The van der Waals surface area contributed by atoms with Gasteiger partial charge in [-0.1, -0.05) is 101 Å². The molecule has 1 aliphatic carbocycles. The molecule has 20 heavy (non-hydrogen) atoms. The number of rotatable bonds is 9. The van der Waals surface area contributed by atoms with Crippen LogP contribution in [-0.4, -0.2) is 0 Å². The second-order valence-corrected chi connectivity index (χ2v) is 6.65. The van der Waals surface area contributed by atoms with Crippen molar-refractivity contribution in [2.24, 2.45) is 5.92 Å². The predicted octanol–water partition coefficient (Wildman–Crippen LogP) is 6.54. The topological polar surface area (TPSA) is 0 Å². The minimum Gasteiger partial charge on any atom is -0.0622 e. The lowest BCUT2D eigenvalue weighted by molar-refractivity contribution is 0.328. The normalized spacial score (nSPS) is 16.4. The quantitative estimate of drug-likeness (QED) is 0.448. The summed E-state index contributed by atoms with van der Waals surface area (Å²) in [5.74, 6) is 1.09. The Kier molecular flexibility index (Phi) is 7.82. The fraction of sp³-hybridized carbons (Fsp3) is 0.700. The van der Waals surface area contributed by atoms with Crippen LogP contribution in [0.15, 0.2) is 30.3 Å². The van der Waals surface area contributed by atoms with Crippen LogP contribution in [0.2, 0.25) is 0 Å². The van der Waals surface area contributed by atoms with E-state index in [4.69, 9.17) is 0 Å². The third kappa shape index (κ3) is 6.59. The summed E-state index contributed by atoms with van der Waals surface area (Å²) in [6, 6.07) is 10.9. The van der Waals surface area contributed by atoms with E-state index < -0.39 is 0 Å².